The van der Waals surface area contributed by atoms with Gasteiger partial charge in [0.25, 0.3) is 5.56 Å². The monoisotopic (exact) mass is 379 g/mol. The Hall–Kier alpha value is -1.93. The van der Waals surface area contributed by atoms with Gasteiger partial charge < -0.3 is 14.4 Å². The van der Waals surface area contributed by atoms with E-state index in [1.165, 1.54) is 11.6 Å². The standard InChI is InChI=1S/C19H33N5O3/c1-13(2)8-10-24(27,11-9-14(3)4)12-15-20-17-16(21(15)5)18(25)23(7)19(26)22(17)6/h13-14H,8-12H2,1-7H3. The van der Waals surface area contributed by atoms with Gasteiger partial charge in [0.05, 0.1) is 13.1 Å². The molecule has 2 heterocycles. The lowest BCUT2D eigenvalue weighted by atomic mass is 10.1. The summed E-state index contributed by atoms with van der Waals surface area (Å²) in [4.78, 5) is 29.2. The number of aryl methyl sites for hydroxylation is 2. The minimum Gasteiger partial charge on any atom is -0.632 e. The van der Waals surface area contributed by atoms with Crippen molar-refractivity contribution >= 4 is 11.2 Å². The summed E-state index contributed by atoms with van der Waals surface area (Å²) in [5.74, 6) is 1.44. The maximum atomic E-state index is 13.5. The van der Waals surface area contributed by atoms with Crippen molar-refractivity contribution in [1.82, 2.24) is 18.7 Å². The van der Waals surface area contributed by atoms with Crippen molar-refractivity contribution in [1.29, 1.82) is 0 Å². The molecule has 152 valence electrons. The van der Waals surface area contributed by atoms with Crippen molar-refractivity contribution in [2.45, 2.75) is 47.1 Å². The molecule has 27 heavy (non-hydrogen) atoms. The van der Waals surface area contributed by atoms with Gasteiger partial charge >= 0.3 is 5.69 Å². The van der Waals surface area contributed by atoms with Gasteiger partial charge in [0.1, 0.15) is 6.54 Å². The molecule has 0 unspecified atom stereocenters. The van der Waals surface area contributed by atoms with Gasteiger partial charge in [-0.1, -0.05) is 27.7 Å². The summed E-state index contributed by atoms with van der Waals surface area (Å²) >= 11 is 0. The Morgan fingerprint density at radius 1 is 0.926 bits per heavy atom. The SMILES string of the molecule is CC(C)CC[N+]([O-])(CCC(C)C)Cc1nc2c(c(=O)n(C)c(=O)n2C)n1C. The minimum absolute atomic E-state index is 0.196. The zero-order valence-electron chi connectivity index (χ0n) is 17.7. The average Bonchev–Trinajstić information content (AvgIpc) is 2.91. The normalized spacial score (nSPS) is 12.7. The van der Waals surface area contributed by atoms with Gasteiger partial charge in [-0.25, -0.2) is 9.78 Å². The molecular weight excluding hydrogens is 346 g/mol. The summed E-state index contributed by atoms with van der Waals surface area (Å²) in [6.45, 7) is 9.68. The van der Waals surface area contributed by atoms with Crippen LogP contribution in [0, 0.1) is 17.0 Å². The van der Waals surface area contributed by atoms with Gasteiger partial charge in [-0.3, -0.25) is 13.9 Å². The van der Waals surface area contributed by atoms with E-state index in [0.29, 0.717) is 41.9 Å². The quantitative estimate of drug-likeness (QED) is 0.518. The Bertz CT molecular complexity index is 908. The molecule has 0 saturated heterocycles. The highest BCUT2D eigenvalue weighted by Crippen LogP contribution is 2.20. The van der Waals surface area contributed by atoms with Crippen LogP contribution in [0.3, 0.4) is 0 Å². The molecule has 0 aliphatic heterocycles. The Kier molecular flexibility index (Phi) is 6.32. The topological polar surface area (TPSA) is 84.9 Å². The molecule has 0 aliphatic carbocycles. The number of quaternary nitrogens is 1. The van der Waals surface area contributed by atoms with E-state index in [-0.39, 0.29) is 16.8 Å². The van der Waals surface area contributed by atoms with Gasteiger partial charge in [-0.2, -0.15) is 0 Å². The third kappa shape index (κ3) is 4.50. The number of hydrogen-bond acceptors (Lipinski definition) is 4. The fraction of sp³-hybridized carbons (Fsp3) is 0.737. The van der Waals surface area contributed by atoms with E-state index in [0.717, 1.165) is 17.4 Å². The van der Waals surface area contributed by atoms with E-state index in [1.807, 2.05) is 0 Å². The molecule has 0 atom stereocenters. The zero-order chi connectivity index (χ0) is 20.5. The van der Waals surface area contributed by atoms with Crippen molar-refractivity contribution < 1.29 is 4.65 Å². The first kappa shape index (κ1) is 21.4. The highest BCUT2D eigenvalue weighted by Gasteiger charge is 2.24. The molecule has 2 aromatic rings. The molecule has 0 amide bonds. The van der Waals surface area contributed by atoms with Gasteiger partial charge in [0, 0.05) is 21.1 Å². The number of imidazole rings is 1. The maximum Gasteiger partial charge on any atom is 0.332 e. The summed E-state index contributed by atoms with van der Waals surface area (Å²) in [5, 5.41) is 13.5. The largest absolute Gasteiger partial charge is 0.632 e. The number of rotatable bonds is 8. The Balaban J connectivity index is 2.48. The van der Waals surface area contributed by atoms with E-state index in [4.69, 9.17) is 0 Å². The van der Waals surface area contributed by atoms with Crippen LogP contribution in [0.1, 0.15) is 46.4 Å². The third-order valence-electron chi connectivity index (χ3n) is 5.23. The first-order valence-corrected chi connectivity index (χ1v) is 9.65. The van der Waals surface area contributed by atoms with Crippen LogP contribution in [0.15, 0.2) is 9.59 Å². The van der Waals surface area contributed by atoms with E-state index in [1.54, 1.807) is 18.7 Å². The molecule has 0 fully saturated rings. The highest BCUT2D eigenvalue weighted by atomic mass is 16.5. The van der Waals surface area contributed by atoms with Crippen LogP contribution in [0.5, 0.6) is 0 Å². The van der Waals surface area contributed by atoms with Crippen molar-refractivity contribution in [3.05, 3.63) is 31.9 Å². The molecule has 0 radical (unpaired) electrons. The molecule has 2 aromatic heterocycles. The molecule has 0 aromatic carbocycles. The molecule has 0 saturated carbocycles. The highest BCUT2D eigenvalue weighted by molar-refractivity contribution is 5.70. The fourth-order valence-corrected chi connectivity index (χ4v) is 3.22. The fourth-order valence-electron chi connectivity index (χ4n) is 3.22. The van der Waals surface area contributed by atoms with Crippen LogP contribution in [-0.2, 0) is 27.7 Å². The molecule has 8 heteroatoms. The van der Waals surface area contributed by atoms with Gasteiger partial charge in [-0.05, 0) is 24.7 Å². The predicted molar refractivity (Wildman–Crippen MR) is 107 cm³/mol. The summed E-state index contributed by atoms with van der Waals surface area (Å²) in [5.41, 5.74) is -0.115. The number of fused-ring (bicyclic) bond motifs is 1. The first-order valence-electron chi connectivity index (χ1n) is 9.65. The van der Waals surface area contributed by atoms with Crippen LogP contribution in [-0.4, -0.2) is 36.4 Å². The summed E-state index contributed by atoms with van der Waals surface area (Å²) < 4.78 is 3.75. The number of hydroxylamine groups is 3. The second-order valence-electron chi connectivity index (χ2n) is 8.49. The number of hydrogen-bond donors (Lipinski definition) is 0. The predicted octanol–water partition coefficient (Wildman–Crippen LogP) is 1.88. The maximum absolute atomic E-state index is 13.5. The van der Waals surface area contributed by atoms with Crippen LogP contribution in [0.4, 0.5) is 0 Å². The van der Waals surface area contributed by atoms with Crippen LogP contribution in [0.2, 0.25) is 0 Å². The summed E-state index contributed by atoms with van der Waals surface area (Å²) in [6, 6.07) is 0. The zero-order valence-corrected chi connectivity index (χ0v) is 17.7. The van der Waals surface area contributed by atoms with Crippen molar-refractivity contribution in [2.24, 2.45) is 33.0 Å². The molecule has 8 nitrogen and oxygen atoms in total. The second-order valence-corrected chi connectivity index (χ2v) is 8.49. The molecule has 0 aliphatic rings. The van der Waals surface area contributed by atoms with Crippen molar-refractivity contribution in [3.8, 4) is 0 Å². The van der Waals surface area contributed by atoms with Crippen LogP contribution in [0.25, 0.3) is 11.2 Å². The summed E-state index contributed by atoms with van der Waals surface area (Å²) in [7, 11) is 4.79. The van der Waals surface area contributed by atoms with Gasteiger partial charge in [-0.15, -0.1) is 0 Å². The lowest BCUT2D eigenvalue weighted by molar-refractivity contribution is -0.895. The van der Waals surface area contributed by atoms with Crippen molar-refractivity contribution in [3.63, 3.8) is 0 Å². The van der Waals surface area contributed by atoms with E-state index < -0.39 is 5.69 Å². The van der Waals surface area contributed by atoms with Crippen molar-refractivity contribution in [2.75, 3.05) is 13.1 Å². The lowest BCUT2D eigenvalue weighted by Gasteiger charge is -2.43. The Labute approximate surface area is 160 Å². The third-order valence-corrected chi connectivity index (χ3v) is 5.23. The lowest BCUT2D eigenvalue weighted by Crippen LogP contribution is -2.44. The summed E-state index contributed by atoms with van der Waals surface area (Å²) in [6.07, 6.45) is 1.68. The van der Waals surface area contributed by atoms with E-state index >= 15 is 0 Å². The Morgan fingerprint density at radius 2 is 1.44 bits per heavy atom. The number of aromatic nitrogens is 4. The minimum atomic E-state index is -0.417. The second kappa shape index (κ2) is 7.98. The molecule has 0 bridgehead atoms. The molecular formula is C19H33N5O3. The molecule has 2 rings (SSSR count). The average molecular weight is 380 g/mol. The molecule has 0 N–H and O–H groups in total. The first-order chi connectivity index (χ1) is 12.5. The van der Waals surface area contributed by atoms with E-state index in [2.05, 4.69) is 32.7 Å². The van der Waals surface area contributed by atoms with Gasteiger partial charge in [0.15, 0.2) is 17.0 Å². The smallest absolute Gasteiger partial charge is 0.332 e. The number of nitrogens with zero attached hydrogens (tertiary/aromatic N) is 5. The Morgan fingerprint density at radius 3 is 1.93 bits per heavy atom. The van der Waals surface area contributed by atoms with Crippen LogP contribution < -0.4 is 11.2 Å². The van der Waals surface area contributed by atoms with Crippen LogP contribution >= 0.6 is 0 Å². The molecule has 0 spiro atoms. The van der Waals surface area contributed by atoms with Gasteiger partial charge in [0.2, 0.25) is 0 Å². The van der Waals surface area contributed by atoms with E-state index in [9.17, 15) is 14.8 Å².